The topological polar surface area (TPSA) is 21.9 Å². The zero-order valence-electron chi connectivity index (χ0n) is 22.3. The molecule has 5 rings (SSSR count). The third-order valence-electron chi connectivity index (χ3n) is 7.08. The van der Waals surface area contributed by atoms with Crippen molar-refractivity contribution in [3.8, 4) is 17.1 Å². The average Bonchev–Trinajstić information content (AvgIpc) is 3.39. The van der Waals surface area contributed by atoms with Crippen molar-refractivity contribution in [1.29, 1.82) is 0 Å². The number of furan rings is 1. The van der Waals surface area contributed by atoms with Gasteiger partial charge in [-0.05, 0) is 63.3 Å². The van der Waals surface area contributed by atoms with Crippen molar-refractivity contribution >= 4 is 21.9 Å². The highest BCUT2D eigenvalue weighted by Gasteiger charge is 2.34. The number of imidazole rings is 1. The average molecular weight is 466 g/mol. The first kappa shape index (κ1) is 23.4. The largest absolute Gasteiger partial charge is 0.456 e. The van der Waals surface area contributed by atoms with E-state index in [1.807, 2.05) is 0 Å². The molecule has 0 amide bonds. The SMILES string of the molecule is Cc1ccccc1-c1n(-c2c(C(C)C)cc3oc4ccccc4c3c2C(C)C)cc[n+]1C(C)(C)C. The summed E-state index contributed by atoms with van der Waals surface area (Å²) in [6, 6.07) is 19.4. The van der Waals surface area contributed by atoms with Crippen LogP contribution in [-0.2, 0) is 5.54 Å². The molecule has 0 N–H and O–H groups in total. The van der Waals surface area contributed by atoms with Crippen LogP contribution in [0.3, 0.4) is 0 Å². The van der Waals surface area contributed by atoms with Gasteiger partial charge in [0.25, 0.3) is 5.82 Å². The number of hydrogen-bond acceptors (Lipinski definition) is 1. The van der Waals surface area contributed by atoms with E-state index in [9.17, 15) is 0 Å². The van der Waals surface area contributed by atoms with E-state index in [-0.39, 0.29) is 5.54 Å². The van der Waals surface area contributed by atoms with Crippen LogP contribution in [0.4, 0.5) is 0 Å². The number of fused-ring (bicyclic) bond motifs is 3. The van der Waals surface area contributed by atoms with Crippen molar-refractivity contribution < 1.29 is 8.98 Å². The summed E-state index contributed by atoms with van der Waals surface area (Å²) in [6.45, 7) is 18.2. The Kier molecular flexibility index (Phi) is 5.62. The zero-order valence-corrected chi connectivity index (χ0v) is 22.3. The van der Waals surface area contributed by atoms with E-state index in [4.69, 9.17) is 4.42 Å². The van der Waals surface area contributed by atoms with Gasteiger partial charge in [0.1, 0.15) is 34.8 Å². The number of hydrogen-bond donors (Lipinski definition) is 0. The van der Waals surface area contributed by atoms with Gasteiger partial charge in [-0.2, -0.15) is 4.57 Å². The number of rotatable bonds is 4. The molecule has 0 aliphatic rings. The van der Waals surface area contributed by atoms with Crippen molar-refractivity contribution in [2.24, 2.45) is 0 Å². The molecule has 3 aromatic carbocycles. The molecule has 0 saturated heterocycles. The molecule has 0 fully saturated rings. The second kappa shape index (κ2) is 8.41. The molecular formula is C32H37N2O+. The molecule has 3 heteroatoms. The lowest BCUT2D eigenvalue weighted by atomic mass is 9.88. The third-order valence-corrected chi connectivity index (χ3v) is 7.08. The molecule has 3 nitrogen and oxygen atoms in total. The van der Waals surface area contributed by atoms with Gasteiger partial charge in [-0.15, -0.1) is 0 Å². The molecule has 0 bridgehead atoms. The van der Waals surface area contributed by atoms with E-state index in [0.29, 0.717) is 11.8 Å². The van der Waals surface area contributed by atoms with Gasteiger partial charge < -0.3 is 4.42 Å². The van der Waals surface area contributed by atoms with Crippen molar-refractivity contribution in [3.63, 3.8) is 0 Å². The van der Waals surface area contributed by atoms with Crippen LogP contribution in [0, 0.1) is 6.92 Å². The lowest BCUT2D eigenvalue weighted by molar-refractivity contribution is -0.743. The molecule has 0 unspecified atom stereocenters. The monoisotopic (exact) mass is 465 g/mol. The maximum absolute atomic E-state index is 6.40. The van der Waals surface area contributed by atoms with Gasteiger partial charge in [0.05, 0.1) is 5.56 Å². The van der Waals surface area contributed by atoms with Crippen LogP contribution in [0.1, 0.15) is 77.0 Å². The number of aromatic nitrogens is 2. The predicted octanol–water partition coefficient (Wildman–Crippen LogP) is 8.64. The molecule has 5 aromatic rings. The van der Waals surface area contributed by atoms with Gasteiger partial charge in [-0.25, -0.2) is 4.57 Å². The van der Waals surface area contributed by atoms with E-state index in [2.05, 4.69) is 132 Å². The van der Waals surface area contributed by atoms with E-state index in [1.165, 1.54) is 44.5 Å². The molecule has 35 heavy (non-hydrogen) atoms. The van der Waals surface area contributed by atoms with E-state index in [0.717, 1.165) is 11.2 Å². The summed E-state index contributed by atoms with van der Waals surface area (Å²) < 4.78 is 11.3. The van der Waals surface area contributed by atoms with Crippen molar-refractivity contribution in [2.75, 3.05) is 0 Å². The minimum Gasteiger partial charge on any atom is -0.456 e. The highest BCUT2D eigenvalue weighted by Crippen LogP contribution is 2.43. The third kappa shape index (κ3) is 3.78. The molecular weight excluding hydrogens is 428 g/mol. The number of para-hydroxylation sites is 1. The first-order valence-electron chi connectivity index (χ1n) is 12.8. The minimum atomic E-state index is -0.0642. The van der Waals surface area contributed by atoms with Gasteiger partial charge in [0, 0.05) is 21.9 Å². The molecule has 0 aliphatic carbocycles. The fourth-order valence-corrected chi connectivity index (χ4v) is 5.39. The second-order valence-corrected chi connectivity index (χ2v) is 11.4. The van der Waals surface area contributed by atoms with Crippen LogP contribution in [0.2, 0.25) is 0 Å². The van der Waals surface area contributed by atoms with Gasteiger partial charge in [0.15, 0.2) is 0 Å². The Hall–Kier alpha value is -3.33. The Morgan fingerprint density at radius 1 is 0.857 bits per heavy atom. The molecule has 0 atom stereocenters. The summed E-state index contributed by atoms with van der Waals surface area (Å²) in [5.41, 5.74) is 8.35. The normalized spacial score (nSPS) is 12.5. The molecule has 0 spiro atoms. The van der Waals surface area contributed by atoms with E-state index < -0.39 is 0 Å². The molecule has 0 saturated carbocycles. The highest BCUT2D eigenvalue weighted by atomic mass is 16.3. The molecule has 2 aromatic heterocycles. The van der Waals surface area contributed by atoms with Crippen LogP contribution in [0.25, 0.3) is 39.0 Å². The van der Waals surface area contributed by atoms with Crippen LogP contribution in [0.5, 0.6) is 0 Å². The maximum atomic E-state index is 6.40. The van der Waals surface area contributed by atoms with Crippen molar-refractivity contribution in [2.45, 2.75) is 72.8 Å². The first-order chi connectivity index (χ1) is 16.6. The molecule has 0 aliphatic heterocycles. The standard InChI is InChI=1S/C32H37N2O/c1-20(2)25-19-27-29(24-15-11-12-16-26(24)35-27)28(21(3)4)30(25)33-17-18-34(32(6,7)8)31(33)23-14-10-9-13-22(23)5/h9-21H,1-8H3/q+1. The smallest absolute Gasteiger partial charge is 0.294 e. The lowest BCUT2D eigenvalue weighted by Gasteiger charge is -2.21. The van der Waals surface area contributed by atoms with Crippen LogP contribution in [0.15, 0.2) is 71.4 Å². The van der Waals surface area contributed by atoms with Gasteiger partial charge in [-0.3, -0.25) is 0 Å². The summed E-state index contributed by atoms with van der Waals surface area (Å²) in [6.07, 6.45) is 4.50. The highest BCUT2D eigenvalue weighted by molar-refractivity contribution is 6.08. The number of aryl methyl sites for hydroxylation is 1. The summed E-state index contributed by atoms with van der Waals surface area (Å²) in [5, 5.41) is 2.43. The quantitative estimate of drug-likeness (QED) is 0.243. The predicted molar refractivity (Wildman–Crippen MR) is 147 cm³/mol. The fourth-order valence-electron chi connectivity index (χ4n) is 5.39. The summed E-state index contributed by atoms with van der Waals surface area (Å²) in [4.78, 5) is 0. The maximum Gasteiger partial charge on any atom is 0.294 e. The molecule has 180 valence electrons. The molecule has 2 heterocycles. The first-order valence-corrected chi connectivity index (χ1v) is 12.8. The number of nitrogens with zero attached hydrogens (tertiary/aromatic N) is 2. The Morgan fingerprint density at radius 2 is 1.54 bits per heavy atom. The van der Waals surface area contributed by atoms with Gasteiger partial charge in [-0.1, -0.05) is 64.1 Å². The van der Waals surface area contributed by atoms with Crippen LogP contribution < -0.4 is 4.57 Å². The van der Waals surface area contributed by atoms with Crippen LogP contribution >= 0.6 is 0 Å². The van der Waals surface area contributed by atoms with Crippen molar-refractivity contribution in [1.82, 2.24) is 4.57 Å². The van der Waals surface area contributed by atoms with Gasteiger partial charge >= 0.3 is 0 Å². The van der Waals surface area contributed by atoms with Crippen molar-refractivity contribution in [3.05, 3.63) is 83.7 Å². The fraction of sp³-hybridized carbons (Fsp3) is 0.344. The Labute approximate surface area is 209 Å². The number of benzene rings is 3. The minimum absolute atomic E-state index is 0.0642. The molecule has 0 radical (unpaired) electrons. The van der Waals surface area contributed by atoms with E-state index >= 15 is 0 Å². The summed E-state index contributed by atoms with van der Waals surface area (Å²) in [7, 11) is 0. The second-order valence-electron chi connectivity index (χ2n) is 11.4. The van der Waals surface area contributed by atoms with E-state index in [1.54, 1.807) is 0 Å². The Morgan fingerprint density at radius 3 is 2.20 bits per heavy atom. The zero-order chi connectivity index (χ0) is 25.1. The Bertz CT molecular complexity index is 1540. The van der Waals surface area contributed by atoms with Crippen LogP contribution in [-0.4, -0.2) is 4.57 Å². The summed E-state index contributed by atoms with van der Waals surface area (Å²) in [5.74, 6) is 1.88. The van der Waals surface area contributed by atoms with Gasteiger partial charge in [0.2, 0.25) is 0 Å². The Balaban J connectivity index is 1.99. The lowest BCUT2D eigenvalue weighted by Crippen LogP contribution is -2.50. The summed E-state index contributed by atoms with van der Waals surface area (Å²) >= 11 is 0.